The van der Waals surface area contributed by atoms with Gasteiger partial charge in [0.25, 0.3) is 0 Å². The quantitative estimate of drug-likeness (QED) is 0.489. The first-order valence-electron chi connectivity index (χ1n) is 6.25. The van der Waals surface area contributed by atoms with E-state index >= 15 is 0 Å². The Labute approximate surface area is 111 Å². The van der Waals surface area contributed by atoms with Gasteiger partial charge in [-0.15, -0.1) is 0 Å². The lowest BCUT2D eigenvalue weighted by molar-refractivity contribution is 0.101. The fourth-order valence-electron chi connectivity index (χ4n) is 2.44. The van der Waals surface area contributed by atoms with E-state index in [0.29, 0.717) is 5.69 Å². The molecule has 3 heteroatoms. The van der Waals surface area contributed by atoms with Gasteiger partial charge in [0.2, 0.25) is 0 Å². The summed E-state index contributed by atoms with van der Waals surface area (Å²) in [6.45, 7) is 5.71. The number of fused-ring (bicyclic) bond motifs is 3. The van der Waals surface area contributed by atoms with Gasteiger partial charge in [-0.3, -0.25) is 9.78 Å². The van der Waals surface area contributed by atoms with Gasteiger partial charge in [0.1, 0.15) is 5.69 Å². The zero-order valence-corrected chi connectivity index (χ0v) is 11.2. The van der Waals surface area contributed by atoms with Gasteiger partial charge in [-0.2, -0.15) is 0 Å². The maximum atomic E-state index is 11.5. The molecule has 0 fully saturated rings. The van der Waals surface area contributed by atoms with Crippen molar-refractivity contribution < 1.29 is 4.79 Å². The predicted molar refractivity (Wildman–Crippen MR) is 76.5 cm³/mol. The van der Waals surface area contributed by atoms with E-state index in [9.17, 15) is 4.79 Å². The van der Waals surface area contributed by atoms with Crippen LogP contribution in [0.25, 0.3) is 21.8 Å². The van der Waals surface area contributed by atoms with Crippen molar-refractivity contribution in [3.05, 3.63) is 47.3 Å². The Morgan fingerprint density at radius 1 is 1.00 bits per heavy atom. The molecule has 1 aromatic carbocycles. The second kappa shape index (κ2) is 4.12. The van der Waals surface area contributed by atoms with E-state index in [1.807, 2.05) is 18.2 Å². The molecule has 0 spiro atoms. The molecule has 0 N–H and O–H groups in total. The van der Waals surface area contributed by atoms with Gasteiger partial charge in [-0.1, -0.05) is 12.1 Å². The number of carbonyl (C=O) groups is 1. The van der Waals surface area contributed by atoms with Crippen molar-refractivity contribution in [2.45, 2.75) is 20.8 Å². The fraction of sp³-hybridized carbons (Fsp3) is 0.188. The van der Waals surface area contributed by atoms with Gasteiger partial charge in [0.15, 0.2) is 5.78 Å². The summed E-state index contributed by atoms with van der Waals surface area (Å²) in [4.78, 5) is 20.4. The highest BCUT2D eigenvalue weighted by molar-refractivity contribution is 6.07. The molecule has 0 bridgehead atoms. The third-order valence-corrected chi connectivity index (χ3v) is 3.66. The molecule has 0 aliphatic carbocycles. The average Bonchev–Trinajstić information content (AvgIpc) is 2.44. The van der Waals surface area contributed by atoms with Crippen LogP contribution in [0.2, 0.25) is 0 Å². The number of benzene rings is 1. The lowest BCUT2D eigenvalue weighted by atomic mass is 9.98. The molecule has 0 atom stereocenters. The first-order valence-corrected chi connectivity index (χ1v) is 6.25. The minimum atomic E-state index is -0.0239. The van der Waals surface area contributed by atoms with E-state index < -0.39 is 0 Å². The lowest BCUT2D eigenvalue weighted by Crippen LogP contribution is -1.99. The van der Waals surface area contributed by atoms with Crippen LogP contribution in [-0.2, 0) is 0 Å². The van der Waals surface area contributed by atoms with Crippen LogP contribution in [0, 0.1) is 13.8 Å². The Morgan fingerprint density at radius 2 is 1.68 bits per heavy atom. The van der Waals surface area contributed by atoms with Gasteiger partial charge in [-0.05, 0) is 37.1 Å². The van der Waals surface area contributed by atoms with E-state index in [0.717, 1.165) is 21.8 Å². The Hall–Kier alpha value is -2.29. The van der Waals surface area contributed by atoms with Crippen molar-refractivity contribution in [2.24, 2.45) is 0 Å². The summed E-state index contributed by atoms with van der Waals surface area (Å²) >= 11 is 0. The molecule has 0 radical (unpaired) electrons. The molecule has 94 valence electrons. The maximum Gasteiger partial charge on any atom is 0.178 e. The zero-order valence-electron chi connectivity index (χ0n) is 11.2. The topological polar surface area (TPSA) is 42.9 Å². The summed E-state index contributed by atoms with van der Waals surface area (Å²) in [5.74, 6) is -0.0239. The van der Waals surface area contributed by atoms with Crippen molar-refractivity contribution in [2.75, 3.05) is 0 Å². The molecule has 0 saturated carbocycles. The molecule has 19 heavy (non-hydrogen) atoms. The molecular weight excluding hydrogens is 236 g/mol. The number of ketones is 1. The Bertz CT molecular complexity index is 822. The normalized spacial score (nSPS) is 11.1. The maximum absolute atomic E-state index is 11.5. The lowest BCUT2D eigenvalue weighted by Gasteiger charge is -2.10. The summed E-state index contributed by atoms with van der Waals surface area (Å²) in [6, 6.07) is 7.73. The molecule has 2 heterocycles. The van der Waals surface area contributed by atoms with Crippen LogP contribution in [0.15, 0.2) is 30.5 Å². The van der Waals surface area contributed by atoms with Crippen molar-refractivity contribution in [1.82, 2.24) is 9.97 Å². The van der Waals surface area contributed by atoms with Gasteiger partial charge < -0.3 is 0 Å². The Kier molecular flexibility index (Phi) is 2.56. The summed E-state index contributed by atoms with van der Waals surface area (Å²) < 4.78 is 0. The standard InChI is InChI=1S/C16H14N2O/c1-9-10(2)13-6-7-14(11(3)19)18-16(13)15-12(9)5-4-8-17-15/h4-8H,1-3H3. The first-order chi connectivity index (χ1) is 9.09. The number of nitrogens with zero attached hydrogens (tertiary/aromatic N) is 2. The largest absolute Gasteiger partial charge is 0.293 e. The van der Waals surface area contributed by atoms with E-state index in [2.05, 4.69) is 23.8 Å². The number of hydrogen-bond acceptors (Lipinski definition) is 3. The molecular formula is C16H14N2O. The highest BCUT2D eigenvalue weighted by Gasteiger charge is 2.12. The number of aryl methyl sites for hydroxylation is 2. The summed E-state index contributed by atoms with van der Waals surface area (Å²) in [5, 5.41) is 2.16. The third-order valence-electron chi connectivity index (χ3n) is 3.66. The van der Waals surface area contributed by atoms with Crippen LogP contribution in [0.1, 0.15) is 28.5 Å². The van der Waals surface area contributed by atoms with Crippen LogP contribution in [0.3, 0.4) is 0 Å². The number of rotatable bonds is 1. The number of aromatic nitrogens is 2. The number of hydrogen-bond donors (Lipinski definition) is 0. The van der Waals surface area contributed by atoms with Crippen molar-refractivity contribution in [3.63, 3.8) is 0 Å². The van der Waals surface area contributed by atoms with Crippen LogP contribution < -0.4 is 0 Å². The fourth-order valence-corrected chi connectivity index (χ4v) is 2.44. The first kappa shape index (κ1) is 11.8. The molecule has 3 rings (SSSR count). The van der Waals surface area contributed by atoms with Crippen molar-refractivity contribution in [1.29, 1.82) is 0 Å². The smallest absolute Gasteiger partial charge is 0.178 e. The molecule has 3 nitrogen and oxygen atoms in total. The summed E-state index contributed by atoms with van der Waals surface area (Å²) in [7, 11) is 0. The molecule has 0 unspecified atom stereocenters. The molecule has 0 saturated heterocycles. The Morgan fingerprint density at radius 3 is 2.37 bits per heavy atom. The second-order valence-corrected chi connectivity index (χ2v) is 4.80. The van der Waals surface area contributed by atoms with Gasteiger partial charge in [0, 0.05) is 23.9 Å². The van der Waals surface area contributed by atoms with Gasteiger partial charge >= 0.3 is 0 Å². The molecule has 3 aromatic rings. The summed E-state index contributed by atoms with van der Waals surface area (Å²) in [6.07, 6.45) is 1.76. The van der Waals surface area contributed by atoms with Crippen LogP contribution in [0.5, 0.6) is 0 Å². The van der Waals surface area contributed by atoms with Gasteiger partial charge in [-0.25, -0.2) is 4.98 Å². The van der Waals surface area contributed by atoms with Crippen molar-refractivity contribution in [3.8, 4) is 0 Å². The second-order valence-electron chi connectivity index (χ2n) is 4.80. The Balaban J connectivity index is 2.56. The van der Waals surface area contributed by atoms with E-state index in [-0.39, 0.29) is 5.78 Å². The van der Waals surface area contributed by atoms with Gasteiger partial charge in [0.05, 0.1) is 11.0 Å². The van der Waals surface area contributed by atoms with Crippen molar-refractivity contribution >= 4 is 27.6 Å². The summed E-state index contributed by atoms with van der Waals surface area (Å²) in [5.41, 5.74) is 4.57. The molecule has 0 amide bonds. The zero-order chi connectivity index (χ0) is 13.6. The predicted octanol–water partition coefficient (Wildman–Crippen LogP) is 3.60. The molecule has 2 aromatic heterocycles. The van der Waals surface area contributed by atoms with Crippen LogP contribution >= 0.6 is 0 Å². The highest BCUT2D eigenvalue weighted by atomic mass is 16.1. The minimum absolute atomic E-state index is 0.0239. The average molecular weight is 250 g/mol. The van der Waals surface area contributed by atoms with Crippen LogP contribution in [-0.4, -0.2) is 15.8 Å². The SMILES string of the molecule is CC(=O)c1ccc2c(C)c(C)c3cccnc3c2n1. The third kappa shape index (κ3) is 1.70. The van der Waals surface area contributed by atoms with E-state index in [4.69, 9.17) is 0 Å². The monoisotopic (exact) mass is 250 g/mol. The highest BCUT2D eigenvalue weighted by Crippen LogP contribution is 2.29. The molecule has 0 aliphatic heterocycles. The minimum Gasteiger partial charge on any atom is -0.293 e. The molecule has 0 aliphatic rings. The van der Waals surface area contributed by atoms with E-state index in [1.165, 1.54) is 18.1 Å². The number of carbonyl (C=O) groups excluding carboxylic acids is 1. The number of Topliss-reactive ketones (excluding diaryl/α,β-unsaturated/α-hetero) is 1. The van der Waals surface area contributed by atoms with Crippen LogP contribution in [0.4, 0.5) is 0 Å². The van der Waals surface area contributed by atoms with E-state index in [1.54, 1.807) is 12.3 Å². The number of pyridine rings is 2.